The highest BCUT2D eigenvalue weighted by molar-refractivity contribution is 9.10. The molecule has 1 aromatic carbocycles. The van der Waals surface area contributed by atoms with Crippen LogP contribution >= 0.6 is 39.0 Å². The quantitative estimate of drug-likeness (QED) is 0.669. The van der Waals surface area contributed by atoms with Gasteiger partial charge in [-0.2, -0.15) is 8.75 Å². The molecule has 0 radical (unpaired) electrons. The van der Waals surface area contributed by atoms with Gasteiger partial charge in [0.1, 0.15) is 11.0 Å². The molecule has 0 aliphatic rings. The SMILES string of the molecule is O=Cc1ccc(-c2ccc(Br)c3nsnc23)s1. The first-order valence-corrected chi connectivity index (χ1v) is 7.10. The zero-order chi connectivity index (χ0) is 11.8. The number of nitrogens with zero attached hydrogens (tertiary/aromatic N) is 2. The molecule has 3 aromatic rings. The molecule has 0 N–H and O–H groups in total. The van der Waals surface area contributed by atoms with Gasteiger partial charge in [-0.15, -0.1) is 11.3 Å². The Balaban J connectivity index is 2.26. The summed E-state index contributed by atoms with van der Waals surface area (Å²) in [7, 11) is 0. The number of halogens is 1. The third kappa shape index (κ3) is 1.82. The van der Waals surface area contributed by atoms with E-state index in [1.165, 1.54) is 23.1 Å². The molecule has 0 aliphatic heterocycles. The second-order valence-electron chi connectivity index (χ2n) is 3.38. The summed E-state index contributed by atoms with van der Waals surface area (Å²) in [4.78, 5) is 12.5. The molecular weight excluding hydrogens is 320 g/mol. The molecule has 0 fully saturated rings. The summed E-state index contributed by atoms with van der Waals surface area (Å²) in [6.07, 6.45) is 0.865. The van der Waals surface area contributed by atoms with Crippen LogP contribution in [-0.2, 0) is 0 Å². The minimum Gasteiger partial charge on any atom is -0.297 e. The van der Waals surface area contributed by atoms with Crippen molar-refractivity contribution < 1.29 is 4.79 Å². The number of rotatable bonds is 2. The van der Waals surface area contributed by atoms with E-state index < -0.39 is 0 Å². The van der Waals surface area contributed by atoms with Crippen molar-refractivity contribution in [1.29, 1.82) is 0 Å². The van der Waals surface area contributed by atoms with Crippen LogP contribution in [0.4, 0.5) is 0 Å². The number of aromatic nitrogens is 2. The van der Waals surface area contributed by atoms with Gasteiger partial charge in [-0.05, 0) is 34.1 Å². The maximum absolute atomic E-state index is 10.7. The van der Waals surface area contributed by atoms with E-state index in [-0.39, 0.29) is 0 Å². The Kier molecular flexibility index (Phi) is 2.78. The van der Waals surface area contributed by atoms with Crippen LogP contribution < -0.4 is 0 Å². The van der Waals surface area contributed by atoms with Crippen molar-refractivity contribution in [2.24, 2.45) is 0 Å². The first-order chi connectivity index (χ1) is 8.29. The van der Waals surface area contributed by atoms with Crippen molar-refractivity contribution in [3.8, 4) is 10.4 Å². The van der Waals surface area contributed by atoms with Gasteiger partial charge in [-0.3, -0.25) is 4.79 Å². The summed E-state index contributed by atoms with van der Waals surface area (Å²) < 4.78 is 9.50. The highest BCUT2D eigenvalue weighted by Crippen LogP contribution is 2.35. The molecule has 0 bridgehead atoms. The van der Waals surface area contributed by atoms with Crippen LogP contribution in [0.1, 0.15) is 9.67 Å². The predicted octanol–water partition coefficient (Wildman–Crippen LogP) is 3.99. The molecule has 0 amide bonds. The Morgan fingerprint density at radius 1 is 1.12 bits per heavy atom. The molecule has 84 valence electrons. The first kappa shape index (κ1) is 11.0. The Bertz CT molecular complexity index is 704. The van der Waals surface area contributed by atoms with Crippen LogP contribution in [0.2, 0.25) is 0 Å². The molecule has 0 unspecified atom stereocenters. The fourth-order valence-electron chi connectivity index (χ4n) is 1.60. The first-order valence-electron chi connectivity index (χ1n) is 4.76. The van der Waals surface area contributed by atoms with Gasteiger partial charge < -0.3 is 0 Å². The third-order valence-electron chi connectivity index (χ3n) is 2.37. The molecule has 0 aliphatic carbocycles. The lowest BCUT2D eigenvalue weighted by Gasteiger charge is -1.99. The van der Waals surface area contributed by atoms with Gasteiger partial charge in [0, 0.05) is 14.9 Å². The van der Waals surface area contributed by atoms with E-state index in [4.69, 9.17) is 0 Å². The zero-order valence-corrected chi connectivity index (χ0v) is 11.6. The van der Waals surface area contributed by atoms with Gasteiger partial charge in [0.2, 0.25) is 0 Å². The van der Waals surface area contributed by atoms with Gasteiger partial charge in [0.15, 0.2) is 6.29 Å². The molecule has 2 heterocycles. The largest absolute Gasteiger partial charge is 0.297 e. The second-order valence-corrected chi connectivity index (χ2v) is 5.87. The van der Waals surface area contributed by atoms with Crippen molar-refractivity contribution in [2.45, 2.75) is 0 Å². The molecule has 3 nitrogen and oxygen atoms in total. The molecule has 2 aromatic heterocycles. The van der Waals surface area contributed by atoms with E-state index in [9.17, 15) is 4.79 Å². The summed E-state index contributed by atoms with van der Waals surface area (Å²) in [5.41, 5.74) is 2.77. The van der Waals surface area contributed by atoms with Crippen LogP contribution in [0.3, 0.4) is 0 Å². The number of carbonyl (C=O) groups excluding carboxylic acids is 1. The van der Waals surface area contributed by atoms with Gasteiger partial charge in [0.25, 0.3) is 0 Å². The number of thiophene rings is 1. The fraction of sp³-hybridized carbons (Fsp3) is 0. The van der Waals surface area contributed by atoms with Gasteiger partial charge in [0.05, 0.1) is 16.6 Å². The van der Waals surface area contributed by atoms with Crippen molar-refractivity contribution in [3.05, 3.63) is 33.6 Å². The summed E-state index contributed by atoms with van der Waals surface area (Å²) in [6, 6.07) is 7.71. The Morgan fingerprint density at radius 2 is 1.94 bits per heavy atom. The zero-order valence-electron chi connectivity index (χ0n) is 8.38. The summed E-state index contributed by atoms with van der Waals surface area (Å²) >= 11 is 6.11. The molecule has 3 rings (SSSR count). The van der Waals surface area contributed by atoms with Gasteiger partial charge in [-0.1, -0.05) is 6.07 Å². The Morgan fingerprint density at radius 3 is 2.71 bits per heavy atom. The molecule has 6 heteroatoms. The summed E-state index contributed by atoms with van der Waals surface area (Å²) in [5.74, 6) is 0. The standard InChI is InChI=1S/C11H5BrN2OS2/c12-8-3-2-7(10-11(8)14-17-13-10)9-4-1-6(5-15)16-9/h1-5H. The number of hydrogen-bond donors (Lipinski definition) is 0. The minimum atomic E-state index is 0.722. The number of hydrogen-bond acceptors (Lipinski definition) is 5. The summed E-state index contributed by atoms with van der Waals surface area (Å²) in [5, 5.41) is 0. The number of benzene rings is 1. The number of fused-ring (bicyclic) bond motifs is 1. The van der Waals surface area contributed by atoms with Crippen LogP contribution in [-0.4, -0.2) is 15.0 Å². The fourth-order valence-corrected chi connectivity index (χ4v) is 3.54. The van der Waals surface area contributed by atoms with E-state index in [1.807, 2.05) is 24.3 Å². The van der Waals surface area contributed by atoms with Gasteiger partial charge >= 0.3 is 0 Å². The number of aldehydes is 1. The van der Waals surface area contributed by atoms with Crippen molar-refractivity contribution in [2.75, 3.05) is 0 Å². The highest BCUT2D eigenvalue weighted by Gasteiger charge is 2.12. The molecule has 0 saturated carbocycles. The minimum absolute atomic E-state index is 0.722. The van der Waals surface area contributed by atoms with Crippen LogP contribution in [0.5, 0.6) is 0 Å². The highest BCUT2D eigenvalue weighted by atomic mass is 79.9. The average molecular weight is 325 g/mol. The second kappa shape index (κ2) is 4.29. The Labute approximate surface area is 114 Å². The monoisotopic (exact) mass is 324 g/mol. The van der Waals surface area contributed by atoms with Gasteiger partial charge in [-0.25, -0.2) is 0 Å². The van der Waals surface area contributed by atoms with Crippen LogP contribution in [0.25, 0.3) is 21.5 Å². The topological polar surface area (TPSA) is 42.9 Å². The van der Waals surface area contributed by atoms with Crippen LogP contribution in [0, 0.1) is 0 Å². The molecular formula is C11H5BrN2OS2. The van der Waals surface area contributed by atoms with E-state index >= 15 is 0 Å². The lowest BCUT2D eigenvalue weighted by Crippen LogP contribution is -1.78. The Hall–Kier alpha value is -1.11. The number of carbonyl (C=O) groups is 1. The predicted molar refractivity (Wildman–Crippen MR) is 73.8 cm³/mol. The normalized spacial score (nSPS) is 10.9. The average Bonchev–Trinajstić information content (AvgIpc) is 2.98. The summed E-state index contributed by atoms with van der Waals surface area (Å²) in [6.45, 7) is 0. The molecule has 0 atom stereocenters. The van der Waals surface area contributed by atoms with E-state index in [2.05, 4.69) is 24.7 Å². The van der Waals surface area contributed by atoms with Crippen molar-refractivity contribution in [1.82, 2.24) is 8.75 Å². The maximum Gasteiger partial charge on any atom is 0.160 e. The lowest BCUT2D eigenvalue weighted by molar-refractivity contribution is 0.112. The van der Waals surface area contributed by atoms with E-state index in [0.29, 0.717) is 0 Å². The smallest absolute Gasteiger partial charge is 0.160 e. The van der Waals surface area contributed by atoms with Crippen molar-refractivity contribution >= 4 is 56.3 Å². The maximum atomic E-state index is 10.7. The van der Waals surface area contributed by atoms with E-state index in [0.717, 1.165) is 37.1 Å². The molecule has 0 saturated heterocycles. The lowest BCUT2D eigenvalue weighted by atomic mass is 10.1. The van der Waals surface area contributed by atoms with Crippen molar-refractivity contribution in [3.63, 3.8) is 0 Å². The van der Waals surface area contributed by atoms with E-state index in [1.54, 1.807) is 0 Å². The molecule has 0 spiro atoms. The molecule has 17 heavy (non-hydrogen) atoms. The third-order valence-corrected chi connectivity index (χ3v) is 4.59. The van der Waals surface area contributed by atoms with Crippen LogP contribution in [0.15, 0.2) is 28.7 Å².